The molecule has 0 spiro atoms. The lowest BCUT2D eigenvalue weighted by molar-refractivity contribution is 0.482. The fourth-order valence-electron chi connectivity index (χ4n) is 5.81. The first-order chi connectivity index (χ1) is 20.2. The van der Waals surface area contributed by atoms with Crippen molar-refractivity contribution in [2.45, 2.75) is 0 Å². The van der Waals surface area contributed by atoms with Crippen LogP contribution in [0, 0.1) is 0 Å². The molecule has 0 unspecified atom stereocenters. The molecule has 8 aromatic rings. The molecule has 5 N–H and O–H groups in total. The Balaban J connectivity index is 1.52. The summed E-state index contributed by atoms with van der Waals surface area (Å²) in [6.07, 6.45) is 0. The fourth-order valence-corrected chi connectivity index (χ4v) is 5.81. The van der Waals surface area contributed by atoms with Gasteiger partial charge in [-0.1, -0.05) is 84.9 Å². The summed E-state index contributed by atoms with van der Waals surface area (Å²) in [5.74, 6) is 2.58. The van der Waals surface area contributed by atoms with Crippen molar-refractivity contribution in [3.63, 3.8) is 0 Å². The molecule has 0 saturated carbocycles. The van der Waals surface area contributed by atoms with Gasteiger partial charge in [-0.05, 0) is 6.07 Å². The third kappa shape index (κ3) is 3.17. The van der Waals surface area contributed by atoms with Crippen LogP contribution in [0.2, 0.25) is 0 Å². The SMILES string of the molecule is Oc1cccc2c3[nH]c(c12)N=c1[nH]c(c2ccccc12)=Nc1[nH]c(c2ccccc12)N=c1[nH]c(c2ccccc12)=N3. The van der Waals surface area contributed by atoms with Crippen LogP contribution in [0.5, 0.6) is 5.75 Å². The van der Waals surface area contributed by atoms with Gasteiger partial charge < -0.3 is 25.0 Å². The first-order valence-corrected chi connectivity index (χ1v) is 13.2. The van der Waals surface area contributed by atoms with Crippen molar-refractivity contribution in [1.82, 2.24) is 19.9 Å². The first kappa shape index (κ1) is 21.9. The van der Waals surface area contributed by atoms with Crippen LogP contribution < -0.4 is 22.0 Å². The molecule has 8 bridgehead atoms. The predicted molar refractivity (Wildman–Crippen MR) is 158 cm³/mol. The maximum atomic E-state index is 10.9. The van der Waals surface area contributed by atoms with E-state index in [1.165, 1.54) is 0 Å². The lowest BCUT2D eigenvalue weighted by Crippen LogP contribution is -2.10. The Hall–Kier alpha value is -5.96. The topological polar surface area (TPSA) is 133 Å². The number of nitrogens with one attached hydrogen (secondary N) is 4. The molecular formula is C32H20N8O. The van der Waals surface area contributed by atoms with Gasteiger partial charge in [-0.25, -0.2) is 20.0 Å². The highest BCUT2D eigenvalue weighted by atomic mass is 16.3. The lowest BCUT2D eigenvalue weighted by atomic mass is 10.2. The molecule has 9 rings (SSSR count). The number of aromatic nitrogens is 4. The molecule has 1 aliphatic rings. The first-order valence-electron chi connectivity index (χ1n) is 13.2. The zero-order valence-electron chi connectivity index (χ0n) is 21.4. The summed E-state index contributed by atoms with van der Waals surface area (Å²) in [6.45, 7) is 0. The Morgan fingerprint density at radius 3 is 1.22 bits per heavy atom. The van der Waals surface area contributed by atoms with Crippen LogP contribution in [0.25, 0.3) is 43.1 Å². The number of fused-ring (bicyclic) bond motifs is 20. The highest BCUT2D eigenvalue weighted by Crippen LogP contribution is 2.39. The largest absolute Gasteiger partial charge is 0.507 e. The van der Waals surface area contributed by atoms with Crippen LogP contribution in [0.1, 0.15) is 0 Å². The van der Waals surface area contributed by atoms with E-state index in [0.717, 1.165) is 37.7 Å². The van der Waals surface area contributed by atoms with Gasteiger partial charge in [-0.15, -0.1) is 0 Å². The smallest absolute Gasteiger partial charge is 0.145 e. The van der Waals surface area contributed by atoms with E-state index in [2.05, 4.69) is 19.9 Å². The molecule has 5 heterocycles. The molecule has 0 atom stereocenters. The van der Waals surface area contributed by atoms with Crippen molar-refractivity contribution in [2.24, 2.45) is 20.0 Å². The Kier molecular flexibility index (Phi) is 4.29. The van der Waals surface area contributed by atoms with Gasteiger partial charge >= 0.3 is 0 Å². The van der Waals surface area contributed by atoms with E-state index in [4.69, 9.17) is 20.0 Å². The maximum absolute atomic E-state index is 10.9. The zero-order chi connectivity index (χ0) is 27.1. The summed E-state index contributed by atoms with van der Waals surface area (Å²) in [7, 11) is 0. The van der Waals surface area contributed by atoms with E-state index in [9.17, 15) is 5.11 Å². The highest BCUT2D eigenvalue weighted by molar-refractivity contribution is 6.03. The van der Waals surface area contributed by atoms with Gasteiger partial charge in [0.05, 0.1) is 5.39 Å². The molecule has 41 heavy (non-hydrogen) atoms. The Bertz CT molecular complexity index is 2610. The minimum Gasteiger partial charge on any atom is -0.507 e. The number of hydrogen-bond donors (Lipinski definition) is 5. The maximum Gasteiger partial charge on any atom is 0.145 e. The van der Waals surface area contributed by atoms with Crippen molar-refractivity contribution >= 4 is 66.4 Å². The molecule has 9 heteroatoms. The minimum absolute atomic E-state index is 0.120. The quantitative estimate of drug-likeness (QED) is 0.175. The summed E-state index contributed by atoms with van der Waals surface area (Å²) in [5, 5.41) is 17.9. The van der Waals surface area contributed by atoms with Gasteiger partial charge in [0.1, 0.15) is 51.0 Å². The number of benzene rings is 4. The van der Waals surface area contributed by atoms with E-state index in [1.54, 1.807) is 12.1 Å². The standard InChI is InChI=1S/C32H20N8O/c41-23-15-7-14-22-24(23)32-39-30-21-13-6-5-12-20(21)28(37-30)35-26-17-9-2-1-8-16(17)25(33-26)34-27-18-10-3-4-11-19(18)29(36-27)38-31(22)40-32/h1-15,41H,(H4,33,34,35,36,37,38,39,40). The summed E-state index contributed by atoms with van der Waals surface area (Å²) >= 11 is 0. The molecule has 1 aliphatic heterocycles. The second kappa shape index (κ2) is 8.03. The van der Waals surface area contributed by atoms with Crippen LogP contribution in [0.4, 0.5) is 23.3 Å². The monoisotopic (exact) mass is 532 g/mol. The normalized spacial score (nSPS) is 12.8. The summed E-state index contributed by atoms with van der Waals surface area (Å²) in [6, 6.07) is 29.5. The molecule has 0 amide bonds. The van der Waals surface area contributed by atoms with Crippen LogP contribution in [-0.2, 0) is 0 Å². The van der Waals surface area contributed by atoms with Crippen LogP contribution >= 0.6 is 0 Å². The van der Waals surface area contributed by atoms with Crippen molar-refractivity contribution in [2.75, 3.05) is 0 Å². The summed E-state index contributed by atoms with van der Waals surface area (Å²) in [4.78, 5) is 33.8. The van der Waals surface area contributed by atoms with Gasteiger partial charge in [0.2, 0.25) is 0 Å². The van der Waals surface area contributed by atoms with E-state index < -0.39 is 0 Å². The minimum atomic E-state index is 0.120. The average Bonchev–Trinajstić information content (AvgIpc) is 3.73. The van der Waals surface area contributed by atoms with E-state index in [1.807, 2.05) is 78.9 Å². The number of phenolic OH excluding ortho intramolecular Hbond substituents is 1. The predicted octanol–water partition coefficient (Wildman–Crippen LogP) is 5.44. The number of aromatic amines is 4. The number of rotatable bonds is 0. The Morgan fingerprint density at radius 1 is 0.366 bits per heavy atom. The van der Waals surface area contributed by atoms with Gasteiger partial charge in [-0.2, -0.15) is 0 Å². The second-order valence-electron chi connectivity index (χ2n) is 10.1. The van der Waals surface area contributed by atoms with Gasteiger partial charge in [0, 0.05) is 37.7 Å². The Labute approximate surface area is 230 Å². The average molecular weight is 533 g/mol. The van der Waals surface area contributed by atoms with Gasteiger partial charge in [0.25, 0.3) is 0 Å². The summed E-state index contributed by atoms with van der Waals surface area (Å²) < 4.78 is 0. The molecule has 0 aliphatic carbocycles. The number of hydrogen-bond acceptors (Lipinski definition) is 5. The van der Waals surface area contributed by atoms with Gasteiger partial charge in [-0.3, -0.25) is 0 Å². The summed E-state index contributed by atoms with van der Waals surface area (Å²) in [5.41, 5.74) is 2.62. The van der Waals surface area contributed by atoms with E-state index in [-0.39, 0.29) is 5.75 Å². The second-order valence-corrected chi connectivity index (χ2v) is 10.1. The molecule has 0 radical (unpaired) electrons. The number of nitrogens with zero attached hydrogens (tertiary/aromatic N) is 4. The molecule has 4 aromatic carbocycles. The zero-order valence-corrected chi connectivity index (χ0v) is 21.4. The Morgan fingerprint density at radius 2 is 0.732 bits per heavy atom. The third-order valence-electron chi connectivity index (χ3n) is 7.69. The van der Waals surface area contributed by atoms with Crippen molar-refractivity contribution < 1.29 is 5.11 Å². The van der Waals surface area contributed by atoms with Crippen LogP contribution in [-0.4, -0.2) is 25.0 Å². The van der Waals surface area contributed by atoms with Crippen molar-refractivity contribution in [3.05, 3.63) is 113 Å². The lowest BCUT2D eigenvalue weighted by Gasteiger charge is -1.95. The van der Waals surface area contributed by atoms with Crippen molar-refractivity contribution in [3.8, 4) is 5.75 Å². The van der Waals surface area contributed by atoms with E-state index in [0.29, 0.717) is 50.6 Å². The van der Waals surface area contributed by atoms with Crippen LogP contribution in [0.3, 0.4) is 0 Å². The molecule has 0 saturated heterocycles. The number of aromatic hydroxyl groups is 1. The highest BCUT2D eigenvalue weighted by Gasteiger charge is 2.16. The molecule has 9 nitrogen and oxygen atoms in total. The molecule has 4 aromatic heterocycles. The molecular weight excluding hydrogens is 512 g/mol. The van der Waals surface area contributed by atoms with Gasteiger partial charge in [0.15, 0.2) is 0 Å². The van der Waals surface area contributed by atoms with E-state index >= 15 is 0 Å². The van der Waals surface area contributed by atoms with Crippen molar-refractivity contribution in [1.29, 1.82) is 0 Å². The number of H-pyrrole nitrogens is 4. The molecule has 194 valence electrons. The number of phenols is 1. The fraction of sp³-hybridized carbons (Fsp3) is 0. The van der Waals surface area contributed by atoms with Crippen LogP contribution in [0.15, 0.2) is 111 Å². The third-order valence-corrected chi connectivity index (χ3v) is 7.69. The molecule has 0 fully saturated rings.